The molecule has 0 aliphatic carbocycles. The highest BCUT2D eigenvalue weighted by atomic mass is 35.5. The third kappa shape index (κ3) is 3.64. The Hall–Kier alpha value is -3.11. The summed E-state index contributed by atoms with van der Waals surface area (Å²) in [6, 6.07) is 20.1. The Kier molecular flexibility index (Phi) is 6.04. The van der Waals surface area contributed by atoms with Gasteiger partial charge in [0.15, 0.2) is 0 Å². The van der Waals surface area contributed by atoms with Gasteiger partial charge in [-0.25, -0.2) is 9.78 Å². The van der Waals surface area contributed by atoms with Gasteiger partial charge >= 0.3 is 5.97 Å². The number of rotatable bonds is 4. The van der Waals surface area contributed by atoms with E-state index in [1.807, 2.05) is 69.3 Å². The van der Waals surface area contributed by atoms with Crippen LogP contribution in [0, 0.1) is 13.8 Å². The average Bonchev–Trinajstić information content (AvgIpc) is 3.04. The highest BCUT2D eigenvalue weighted by molar-refractivity contribution is 6.11. The third-order valence-corrected chi connectivity index (χ3v) is 4.91. The number of hydrogen-bond donors (Lipinski definition) is 1. The number of fused-ring (bicyclic) bond motifs is 1. The Morgan fingerprint density at radius 2 is 1.55 bits per heavy atom. The number of esters is 1. The molecule has 2 aromatic carbocycles. The molecule has 2 heterocycles. The van der Waals surface area contributed by atoms with Crippen LogP contribution in [0.2, 0.25) is 0 Å². The summed E-state index contributed by atoms with van der Waals surface area (Å²) in [5.41, 5.74) is 6.92. The van der Waals surface area contributed by atoms with E-state index in [1.54, 1.807) is 0 Å². The smallest absolute Gasteiger partial charge is 0.340 e. The van der Waals surface area contributed by atoms with Crippen molar-refractivity contribution in [3.8, 4) is 22.4 Å². The largest absolute Gasteiger partial charge is 0.462 e. The molecule has 148 valence electrons. The maximum Gasteiger partial charge on any atom is 0.340 e. The Morgan fingerprint density at radius 3 is 2.14 bits per heavy atom. The van der Waals surface area contributed by atoms with Crippen molar-refractivity contribution in [3.05, 3.63) is 77.6 Å². The van der Waals surface area contributed by atoms with Crippen LogP contribution in [0.15, 0.2) is 60.7 Å². The molecule has 0 spiro atoms. The van der Waals surface area contributed by atoms with E-state index in [0.29, 0.717) is 17.9 Å². The average molecular weight is 407 g/mol. The number of H-pyrrole nitrogens is 1. The lowest BCUT2D eigenvalue weighted by atomic mass is 9.94. The molecule has 0 aliphatic heterocycles. The van der Waals surface area contributed by atoms with Crippen LogP contribution in [0.5, 0.6) is 0 Å². The zero-order valence-corrected chi connectivity index (χ0v) is 17.5. The highest BCUT2D eigenvalue weighted by Crippen LogP contribution is 2.39. The Morgan fingerprint density at radius 1 is 0.966 bits per heavy atom. The summed E-state index contributed by atoms with van der Waals surface area (Å²) in [5, 5.41) is 0.957. The number of aryl methyl sites for hydroxylation is 2. The first kappa shape index (κ1) is 20.6. The standard InChI is InChI=1S/C24H22N2O2.ClH/c1-4-28-24(27)20-16(3)26-23-19(21(20)17-11-7-5-8-12-17)15(2)25-22(23)18-13-9-6-10-14-18;/h5-14,25H,4H2,1-3H3;1H. The molecule has 0 atom stereocenters. The van der Waals surface area contributed by atoms with Crippen molar-refractivity contribution in [1.29, 1.82) is 0 Å². The summed E-state index contributed by atoms with van der Waals surface area (Å²) in [6.45, 7) is 6.03. The van der Waals surface area contributed by atoms with Gasteiger partial charge in [-0.15, -0.1) is 12.4 Å². The maximum absolute atomic E-state index is 12.8. The van der Waals surface area contributed by atoms with Crippen molar-refractivity contribution in [2.75, 3.05) is 6.61 Å². The van der Waals surface area contributed by atoms with E-state index in [0.717, 1.165) is 39.0 Å². The van der Waals surface area contributed by atoms with E-state index in [1.165, 1.54) is 0 Å². The molecule has 0 radical (unpaired) electrons. The van der Waals surface area contributed by atoms with E-state index >= 15 is 0 Å². The zero-order chi connectivity index (χ0) is 19.7. The normalized spacial score (nSPS) is 10.6. The number of carbonyl (C=O) groups excluding carboxylic acids is 1. The highest BCUT2D eigenvalue weighted by Gasteiger charge is 2.25. The molecular formula is C24H23ClN2O2. The third-order valence-electron chi connectivity index (χ3n) is 4.91. The fraction of sp³-hybridized carbons (Fsp3) is 0.167. The van der Waals surface area contributed by atoms with Crippen molar-refractivity contribution in [2.24, 2.45) is 0 Å². The second-order valence-corrected chi connectivity index (χ2v) is 6.75. The van der Waals surface area contributed by atoms with Crippen LogP contribution in [-0.2, 0) is 4.74 Å². The number of pyridine rings is 1. The molecule has 0 unspecified atom stereocenters. The lowest BCUT2D eigenvalue weighted by Gasteiger charge is -2.14. The topological polar surface area (TPSA) is 55.0 Å². The van der Waals surface area contributed by atoms with E-state index in [-0.39, 0.29) is 18.4 Å². The lowest BCUT2D eigenvalue weighted by Crippen LogP contribution is -2.10. The summed E-state index contributed by atoms with van der Waals surface area (Å²) in [6.07, 6.45) is 0. The molecule has 4 nitrogen and oxygen atoms in total. The quantitative estimate of drug-likeness (QED) is 0.416. The molecule has 4 rings (SSSR count). The first-order chi connectivity index (χ1) is 13.6. The number of nitrogens with one attached hydrogen (secondary N) is 1. The number of halogens is 1. The van der Waals surface area contributed by atoms with Crippen LogP contribution in [0.1, 0.15) is 28.7 Å². The molecule has 2 aromatic heterocycles. The number of carbonyl (C=O) groups is 1. The van der Waals surface area contributed by atoms with E-state index in [9.17, 15) is 4.79 Å². The van der Waals surface area contributed by atoms with Crippen LogP contribution < -0.4 is 0 Å². The number of benzene rings is 2. The monoisotopic (exact) mass is 406 g/mol. The van der Waals surface area contributed by atoms with Crippen molar-refractivity contribution in [1.82, 2.24) is 9.97 Å². The van der Waals surface area contributed by atoms with Gasteiger partial charge in [-0.2, -0.15) is 0 Å². The SMILES string of the molecule is CCOC(=O)c1c(C)nc2c(-c3ccccc3)[nH]c(C)c2c1-c1ccccc1.Cl. The minimum atomic E-state index is -0.338. The Labute approximate surface area is 176 Å². The number of hydrogen-bond acceptors (Lipinski definition) is 3. The predicted molar refractivity (Wildman–Crippen MR) is 120 cm³/mol. The van der Waals surface area contributed by atoms with Gasteiger partial charge < -0.3 is 9.72 Å². The van der Waals surface area contributed by atoms with Crippen LogP contribution >= 0.6 is 12.4 Å². The molecule has 5 heteroatoms. The number of ether oxygens (including phenoxy) is 1. The molecule has 0 saturated carbocycles. The molecule has 0 fully saturated rings. The summed E-state index contributed by atoms with van der Waals surface area (Å²) in [5.74, 6) is -0.338. The van der Waals surface area contributed by atoms with Gasteiger partial charge in [0.05, 0.1) is 29.1 Å². The van der Waals surface area contributed by atoms with E-state index in [4.69, 9.17) is 9.72 Å². The van der Waals surface area contributed by atoms with Crippen LogP contribution in [-0.4, -0.2) is 22.5 Å². The summed E-state index contributed by atoms with van der Waals surface area (Å²) >= 11 is 0. The molecular weight excluding hydrogens is 384 g/mol. The van der Waals surface area contributed by atoms with Crippen LogP contribution in [0.25, 0.3) is 33.3 Å². The summed E-state index contributed by atoms with van der Waals surface area (Å²) < 4.78 is 5.36. The van der Waals surface area contributed by atoms with Crippen LogP contribution in [0.3, 0.4) is 0 Å². The minimum Gasteiger partial charge on any atom is -0.462 e. The Balaban J connectivity index is 0.00000240. The molecule has 0 saturated heterocycles. The molecule has 0 amide bonds. The summed E-state index contributed by atoms with van der Waals surface area (Å²) in [7, 11) is 0. The lowest BCUT2D eigenvalue weighted by molar-refractivity contribution is 0.0526. The zero-order valence-electron chi connectivity index (χ0n) is 16.7. The van der Waals surface area contributed by atoms with E-state index < -0.39 is 0 Å². The van der Waals surface area contributed by atoms with Gasteiger partial charge in [-0.1, -0.05) is 60.7 Å². The second-order valence-electron chi connectivity index (χ2n) is 6.75. The summed E-state index contributed by atoms with van der Waals surface area (Å²) in [4.78, 5) is 21.1. The van der Waals surface area contributed by atoms with Crippen molar-refractivity contribution >= 4 is 29.3 Å². The molecule has 0 aliphatic rings. The first-order valence-electron chi connectivity index (χ1n) is 9.42. The van der Waals surface area contributed by atoms with Gasteiger partial charge in [-0.3, -0.25) is 0 Å². The molecule has 29 heavy (non-hydrogen) atoms. The molecule has 1 N–H and O–H groups in total. The fourth-order valence-electron chi connectivity index (χ4n) is 3.72. The second kappa shape index (κ2) is 8.50. The van der Waals surface area contributed by atoms with E-state index in [2.05, 4.69) is 17.1 Å². The fourth-order valence-corrected chi connectivity index (χ4v) is 3.72. The molecule has 4 aromatic rings. The number of nitrogens with zero attached hydrogens (tertiary/aromatic N) is 1. The van der Waals surface area contributed by atoms with Gasteiger partial charge in [0, 0.05) is 22.2 Å². The van der Waals surface area contributed by atoms with Gasteiger partial charge in [0.2, 0.25) is 0 Å². The predicted octanol–water partition coefficient (Wildman–Crippen LogP) is 6.11. The van der Waals surface area contributed by atoms with Crippen molar-refractivity contribution in [3.63, 3.8) is 0 Å². The number of aromatic nitrogens is 2. The Bertz CT molecular complexity index is 1150. The minimum absolute atomic E-state index is 0. The van der Waals surface area contributed by atoms with Crippen molar-refractivity contribution < 1.29 is 9.53 Å². The number of aromatic amines is 1. The van der Waals surface area contributed by atoms with Gasteiger partial charge in [0.1, 0.15) is 0 Å². The van der Waals surface area contributed by atoms with Crippen LogP contribution in [0.4, 0.5) is 0 Å². The van der Waals surface area contributed by atoms with Crippen molar-refractivity contribution in [2.45, 2.75) is 20.8 Å². The first-order valence-corrected chi connectivity index (χ1v) is 9.42. The van der Waals surface area contributed by atoms with Gasteiger partial charge in [0.25, 0.3) is 0 Å². The maximum atomic E-state index is 12.8. The van der Waals surface area contributed by atoms with Gasteiger partial charge in [-0.05, 0) is 26.3 Å². The molecule has 0 bridgehead atoms.